The van der Waals surface area contributed by atoms with Gasteiger partial charge in [-0.3, -0.25) is 4.79 Å². The Kier molecular flexibility index (Phi) is 8.62. The number of carbonyl (C=O) groups is 1. The smallest absolute Gasteiger partial charge is 0.255 e. The summed E-state index contributed by atoms with van der Waals surface area (Å²) in [6, 6.07) is 3.63. The molecule has 0 fully saturated rings. The van der Waals surface area contributed by atoms with Crippen LogP contribution in [-0.2, 0) is 18.4 Å². The standard InChI is InChI=1S/C16H23ClN6O3S/c1-3-25-13-8-11(7-12(17)15(13)26-10-14(18)24)9-19-5-4-6-27-16-20-21-22-23(16)2/h7-8,19H,3-6,9-10H2,1-2H3,(H2,18,24). The molecule has 0 bridgehead atoms. The van der Waals surface area contributed by atoms with Crippen LogP contribution in [0.15, 0.2) is 17.3 Å². The fourth-order valence-electron chi connectivity index (χ4n) is 2.21. The Hall–Kier alpha value is -2.04. The molecule has 0 spiro atoms. The summed E-state index contributed by atoms with van der Waals surface area (Å²) in [6.07, 6.45) is 0.962. The van der Waals surface area contributed by atoms with E-state index in [2.05, 4.69) is 20.8 Å². The maximum Gasteiger partial charge on any atom is 0.255 e. The Balaban J connectivity index is 1.82. The van der Waals surface area contributed by atoms with Crippen LogP contribution in [0.4, 0.5) is 0 Å². The quantitative estimate of drug-likeness (QED) is 0.395. The van der Waals surface area contributed by atoms with Crippen molar-refractivity contribution in [1.29, 1.82) is 0 Å². The first kappa shape index (κ1) is 21.3. The predicted octanol–water partition coefficient (Wildman–Crippen LogP) is 1.40. The van der Waals surface area contributed by atoms with Gasteiger partial charge in [-0.1, -0.05) is 23.4 Å². The Morgan fingerprint density at radius 2 is 2.22 bits per heavy atom. The van der Waals surface area contributed by atoms with E-state index in [0.717, 1.165) is 29.4 Å². The van der Waals surface area contributed by atoms with E-state index in [4.69, 9.17) is 26.8 Å². The Morgan fingerprint density at radius 3 is 2.89 bits per heavy atom. The van der Waals surface area contributed by atoms with Gasteiger partial charge in [0.25, 0.3) is 5.91 Å². The van der Waals surface area contributed by atoms with Crippen LogP contribution in [0.25, 0.3) is 0 Å². The second-order valence-corrected chi connectivity index (χ2v) is 7.03. The minimum Gasteiger partial charge on any atom is -0.490 e. The first-order valence-electron chi connectivity index (χ1n) is 8.43. The number of hydrogen-bond donors (Lipinski definition) is 2. The van der Waals surface area contributed by atoms with E-state index in [0.29, 0.717) is 29.7 Å². The molecule has 3 N–H and O–H groups in total. The lowest BCUT2D eigenvalue weighted by atomic mass is 10.2. The number of nitrogens with one attached hydrogen (secondary N) is 1. The van der Waals surface area contributed by atoms with Crippen LogP contribution in [0.3, 0.4) is 0 Å². The average molecular weight is 415 g/mol. The largest absolute Gasteiger partial charge is 0.490 e. The summed E-state index contributed by atoms with van der Waals surface area (Å²) in [5, 5.41) is 15.9. The van der Waals surface area contributed by atoms with E-state index in [1.807, 2.05) is 20.0 Å². The first-order chi connectivity index (χ1) is 13.0. The molecule has 1 aromatic heterocycles. The van der Waals surface area contributed by atoms with E-state index < -0.39 is 5.91 Å². The van der Waals surface area contributed by atoms with Crippen molar-refractivity contribution in [3.05, 3.63) is 22.7 Å². The summed E-state index contributed by atoms with van der Waals surface area (Å²) in [5.74, 6) is 1.16. The third-order valence-corrected chi connectivity index (χ3v) is 4.74. The van der Waals surface area contributed by atoms with Crippen molar-refractivity contribution in [2.45, 2.75) is 25.0 Å². The molecule has 0 saturated heterocycles. The number of hydrogen-bond acceptors (Lipinski definition) is 8. The number of rotatable bonds is 12. The van der Waals surface area contributed by atoms with Crippen molar-refractivity contribution >= 4 is 29.3 Å². The molecule has 11 heteroatoms. The molecule has 0 aliphatic heterocycles. The fourth-order valence-corrected chi connectivity index (χ4v) is 3.28. The van der Waals surface area contributed by atoms with Crippen LogP contribution in [0.2, 0.25) is 5.02 Å². The summed E-state index contributed by atoms with van der Waals surface area (Å²) in [6.45, 7) is 3.53. The van der Waals surface area contributed by atoms with Gasteiger partial charge >= 0.3 is 0 Å². The molecular formula is C16H23ClN6O3S. The molecule has 0 unspecified atom stereocenters. The van der Waals surface area contributed by atoms with Gasteiger partial charge in [0.05, 0.1) is 11.6 Å². The van der Waals surface area contributed by atoms with Gasteiger partial charge < -0.3 is 20.5 Å². The zero-order valence-corrected chi connectivity index (χ0v) is 16.8. The Morgan fingerprint density at radius 1 is 1.41 bits per heavy atom. The zero-order valence-electron chi connectivity index (χ0n) is 15.3. The second kappa shape index (κ2) is 11.0. The van der Waals surface area contributed by atoms with Crippen molar-refractivity contribution in [2.75, 3.05) is 25.5 Å². The number of benzene rings is 1. The highest BCUT2D eigenvalue weighted by molar-refractivity contribution is 7.99. The summed E-state index contributed by atoms with van der Waals surface area (Å²) < 4.78 is 12.6. The van der Waals surface area contributed by atoms with Gasteiger partial charge in [0.2, 0.25) is 5.16 Å². The lowest BCUT2D eigenvalue weighted by Crippen LogP contribution is -2.20. The van der Waals surface area contributed by atoms with Gasteiger partial charge in [-0.05, 0) is 48.0 Å². The third-order valence-electron chi connectivity index (χ3n) is 3.37. The number of primary amides is 1. The number of tetrazole rings is 1. The number of aromatic nitrogens is 4. The van der Waals surface area contributed by atoms with Crippen LogP contribution >= 0.6 is 23.4 Å². The summed E-state index contributed by atoms with van der Waals surface area (Å²) in [5.41, 5.74) is 6.08. The summed E-state index contributed by atoms with van der Waals surface area (Å²) in [4.78, 5) is 10.9. The highest BCUT2D eigenvalue weighted by Gasteiger charge is 2.13. The SMILES string of the molecule is CCOc1cc(CNCCCSc2nnnn2C)cc(Cl)c1OCC(N)=O. The lowest BCUT2D eigenvalue weighted by molar-refractivity contribution is -0.119. The van der Waals surface area contributed by atoms with Crippen LogP contribution in [0.1, 0.15) is 18.9 Å². The minimum atomic E-state index is -0.575. The van der Waals surface area contributed by atoms with Crippen LogP contribution in [0, 0.1) is 0 Å². The molecule has 1 heterocycles. The maximum absolute atomic E-state index is 10.9. The lowest BCUT2D eigenvalue weighted by Gasteiger charge is -2.15. The predicted molar refractivity (Wildman–Crippen MR) is 103 cm³/mol. The van der Waals surface area contributed by atoms with Gasteiger partial charge in [0.1, 0.15) is 0 Å². The van der Waals surface area contributed by atoms with Gasteiger partial charge in [-0.2, -0.15) is 0 Å². The third kappa shape index (κ3) is 6.89. The van der Waals surface area contributed by atoms with Crippen molar-refractivity contribution in [1.82, 2.24) is 25.5 Å². The number of amides is 1. The minimum absolute atomic E-state index is 0.254. The zero-order chi connectivity index (χ0) is 19.6. The number of halogens is 1. The number of aryl methyl sites for hydroxylation is 1. The molecule has 1 aromatic carbocycles. The molecule has 2 rings (SSSR count). The first-order valence-corrected chi connectivity index (χ1v) is 9.79. The Labute approximate surface area is 166 Å². The topological polar surface area (TPSA) is 117 Å². The van der Waals surface area contributed by atoms with Crippen molar-refractivity contribution in [3.63, 3.8) is 0 Å². The molecule has 0 saturated carbocycles. The van der Waals surface area contributed by atoms with Gasteiger partial charge in [-0.15, -0.1) is 5.10 Å². The highest BCUT2D eigenvalue weighted by atomic mass is 35.5. The molecular weight excluding hydrogens is 392 g/mol. The molecule has 148 valence electrons. The summed E-state index contributed by atoms with van der Waals surface area (Å²) >= 11 is 7.89. The van der Waals surface area contributed by atoms with E-state index in [1.165, 1.54) is 0 Å². The second-order valence-electron chi connectivity index (χ2n) is 5.56. The molecule has 27 heavy (non-hydrogen) atoms. The van der Waals surface area contributed by atoms with E-state index in [1.54, 1.807) is 22.5 Å². The number of ether oxygens (including phenoxy) is 2. The normalized spacial score (nSPS) is 10.8. The molecule has 1 amide bonds. The van der Waals surface area contributed by atoms with Crippen LogP contribution in [0.5, 0.6) is 11.5 Å². The van der Waals surface area contributed by atoms with E-state index in [9.17, 15) is 4.79 Å². The van der Waals surface area contributed by atoms with E-state index >= 15 is 0 Å². The number of nitrogens with two attached hydrogens (primary N) is 1. The van der Waals surface area contributed by atoms with Gasteiger partial charge in [0, 0.05) is 19.3 Å². The van der Waals surface area contributed by atoms with Crippen LogP contribution < -0.4 is 20.5 Å². The molecule has 0 aliphatic rings. The molecule has 9 nitrogen and oxygen atoms in total. The van der Waals surface area contributed by atoms with Crippen LogP contribution in [-0.4, -0.2) is 51.6 Å². The van der Waals surface area contributed by atoms with E-state index in [-0.39, 0.29) is 6.61 Å². The molecule has 0 aliphatic carbocycles. The van der Waals surface area contributed by atoms with Gasteiger partial charge in [0.15, 0.2) is 18.1 Å². The highest BCUT2D eigenvalue weighted by Crippen LogP contribution is 2.36. The van der Waals surface area contributed by atoms with Crippen molar-refractivity contribution in [3.8, 4) is 11.5 Å². The monoisotopic (exact) mass is 414 g/mol. The molecule has 2 aromatic rings. The molecule has 0 radical (unpaired) electrons. The summed E-state index contributed by atoms with van der Waals surface area (Å²) in [7, 11) is 1.82. The molecule has 0 atom stereocenters. The van der Waals surface area contributed by atoms with Crippen molar-refractivity contribution in [2.24, 2.45) is 12.8 Å². The van der Waals surface area contributed by atoms with Crippen molar-refractivity contribution < 1.29 is 14.3 Å². The number of carbonyl (C=O) groups excluding carboxylic acids is 1. The maximum atomic E-state index is 10.9. The number of nitrogens with zero attached hydrogens (tertiary/aromatic N) is 4. The Bertz CT molecular complexity index is 758. The van der Waals surface area contributed by atoms with Gasteiger partial charge in [-0.25, -0.2) is 4.68 Å². The average Bonchev–Trinajstić information content (AvgIpc) is 3.02. The fraction of sp³-hybridized carbons (Fsp3) is 0.500. The number of thioether (sulfide) groups is 1.